The van der Waals surface area contributed by atoms with Crippen LogP contribution >= 0.6 is 15.9 Å². The Kier molecular flexibility index (Phi) is 3.26. The molecule has 17 heavy (non-hydrogen) atoms. The van der Waals surface area contributed by atoms with Crippen molar-refractivity contribution in [2.75, 3.05) is 0 Å². The molecule has 0 aliphatic heterocycles. The van der Waals surface area contributed by atoms with Crippen molar-refractivity contribution >= 4 is 15.9 Å². The lowest BCUT2D eigenvalue weighted by Crippen LogP contribution is -2.15. The number of rotatable bonds is 3. The standard InChI is InChI=1S/C11H13BrN4O/c1-11(2,17)10-7-16(15-14-10)6-8-3-9(12)5-13-4-8/h3-5,7,17H,6H2,1-2H3. The first-order valence-corrected chi connectivity index (χ1v) is 5.97. The van der Waals surface area contributed by atoms with Crippen molar-refractivity contribution in [3.63, 3.8) is 0 Å². The van der Waals surface area contributed by atoms with Crippen LogP contribution < -0.4 is 0 Å². The first-order valence-electron chi connectivity index (χ1n) is 5.17. The third kappa shape index (κ3) is 3.10. The lowest BCUT2D eigenvalue weighted by molar-refractivity contribution is 0.0737. The molecule has 0 radical (unpaired) electrons. The molecule has 2 rings (SSSR count). The summed E-state index contributed by atoms with van der Waals surface area (Å²) < 4.78 is 2.61. The molecule has 1 N–H and O–H groups in total. The van der Waals surface area contributed by atoms with Crippen LogP contribution in [-0.4, -0.2) is 25.1 Å². The number of hydrogen-bond donors (Lipinski definition) is 1. The van der Waals surface area contributed by atoms with Crippen LogP contribution in [0.3, 0.4) is 0 Å². The molecule has 5 nitrogen and oxygen atoms in total. The second kappa shape index (κ2) is 4.54. The van der Waals surface area contributed by atoms with E-state index in [1.807, 2.05) is 6.07 Å². The van der Waals surface area contributed by atoms with E-state index in [9.17, 15) is 5.11 Å². The number of halogens is 1. The van der Waals surface area contributed by atoms with E-state index in [0.29, 0.717) is 12.2 Å². The summed E-state index contributed by atoms with van der Waals surface area (Å²) in [5.74, 6) is 0. The van der Waals surface area contributed by atoms with Crippen LogP contribution in [0.5, 0.6) is 0 Å². The Morgan fingerprint density at radius 1 is 1.41 bits per heavy atom. The number of aromatic nitrogens is 4. The van der Waals surface area contributed by atoms with Crippen LogP contribution in [0.25, 0.3) is 0 Å². The Hall–Kier alpha value is -1.27. The van der Waals surface area contributed by atoms with Gasteiger partial charge in [-0.3, -0.25) is 4.98 Å². The average molecular weight is 297 g/mol. The minimum absolute atomic E-state index is 0.556. The average Bonchev–Trinajstić information content (AvgIpc) is 2.65. The Bertz CT molecular complexity index is 518. The monoisotopic (exact) mass is 296 g/mol. The van der Waals surface area contributed by atoms with Crippen molar-refractivity contribution in [1.29, 1.82) is 0 Å². The van der Waals surface area contributed by atoms with Crippen molar-refractivity contribution in [1.82, 2.24) is 20.0 Å². The molecule has 0 fully saturated rings. The molecular weight excluding hydrogens is 284 g/mol. The molecule has 0 spiro atoms. The molecule has 0 unspecified atom stereocenters. The Morgan fingerprint density at radius 3 is 2.76 bits per heavy atom. The highest BCUT2D eigenvalue weighted by Gasteiger charge is 2.19. The van der Waals surface area contributed by atoms with Gasteiger partial charge in [0.2, 0.25) is 0 Å². The molecular formula is C11H13BrN4O. The Morgan fingerprint density at radius 2 is 2.18 bits per heavy atom. The molecule has 0 bridgehead atoms. The molecule has 2 aromatic heterocycles. The van der Waals surface area contributed by atoms with E-state index in [1.165, 1.54) is 0 Å². The van der Waals surface area contributed by atoms with E-state index in [1.54, 1.807) is 37.1 Å². The zero-order valence-corrected chi connectivity index (χ0v) is 11.2. The Labute approximate surface area is 108 Å². The molecule has 0 atom stereocenters. The molecule has 0 saturated carbocycles. The first-order chi connectivity index (χ1) is 7.95. The van der Waals surface area contributed by atoms with Crippen LogP contribution in [0.4, 0.5) is 0 Å². The molecule has 0 amide bonds. The SMILES string of the molecule is CC(C)(O)c1cn(Cc2cncc(Br)c2)nn1. The highest BCUT2D eigenvalue weighted by molar-refractivity contribution is 9.10. The van der Waals surface area contributed by atoms with Gasteiger partial charge in [-0.25, -0.2) is 4.68 Å². The molecule has 0 aliphatic carbocycles. The summed E-state index contributed by atoms with van der Waals surface area (Å²) in [6.07, 6.45) is 5.24. The molecule has 0 aromatic carbocycles. The fourth-order valence-electron chi connectivity index (χ4n) is 1.39. The summed E-state index contributed by atoms with van der Waals surface area (Å²) in [6, 6.07) is 1.97. The predicted molar refractivity (Wildman–Crippen MR) is 66.3 cm³/mol. The van der Waals surface area contributed by atoms with E-state index in [4.69, 9.17) is 0 Å². The van der Waals surface area contributed by atoms with Gasteiger partial charge in [0.15, 0.2) is 0 Å². The first kappa shape index (κ1) is 12.2. The number of pyridine rings is 1. The van der Waals surface area contributed by atoms with E-state index in [-0.39, 0.29) is 0 Å². The molecule has 0 aliphatic rings. The van der Waals surface area contributed by atoms with Crippen molar-refractivity contribution in [3.8, 4) is 0 Å². The maximum atomic E-state index is 9.78. The van der Waals surface area contributed by atoms with Gasteiger partial charge in [0.05, 0.1) is 12.7 Å². The summed E-state index contributed by atoms with van der Waals surface area (Å²) in [5.41, 5.74) is 0.611. The van der Waals surface area contributed by atoms with Crippen LogP contribution in [0.1, 0.15) is 25.1 Å². The highest BCUT2D eigenvalue weighted by Crippen LogP contribution is 2.16. The highest BCUT2D eigenvalue weighted by atomic mass is 79.9. The second-order valence-corrected chi connectivity index (χ2v) is 5.29. The van der Waals surface area contributed by atoms with E-state index in [0.717, 1.165) is 10.0 Å². The van der Waals surface area contributed by atoms with Gasteiger partial charge in [-0.05, 0) is 41.4 Å². The zero-order chi connectivity index (χ0) is 12.5. The fraction of sp³-hybridized carbons (Fsp3) is 0.364. The maximum absolute atomic E-state index is 9.78. The fourth-order valence-corrected chi connectivity index (χ4v) is 1.80. The van der Waals surface area contributed by atoms with Gasteiger partial charge in [0, 0.05) is 16.9 Å². The van der Waals surface area contributed by atoms with Gasteiger partial charge in [-0.15, -0.1) is 5.10 Å². The lowest BCUT2D eigenvalue weighted by atomic mass is 10.1. The molecule has 0 saturated heterocycles. The summed E-state index contributed by atoms with van der Waals surface area (Å²) in [4.78, 5) is 4.08. The minimum atomic E-state index is -0.965. The van der Waals surface area contributed by atoms with Gasteiger partial charge in [0.1, 0.15) is 11.3 Å². The zero-order valence-electron chi connectivity index (χ0n) is 9.63. The summed E-state index contributed by atoms with van der Waals surface area (Å²) >= 11 is 3.36. The topological polar surface area (TPSA) is 63.8 Å². The van der Waals surface area contributed by atoms with E-state index < -0.39 is 5.60 Å². The van der Waals surface area contributed by atoms with Gasteiger partial charge in [-0.1, -0.05) is 5.21 Å². The van der Waals surface area contributed by atoms with E-state index in [2.05, 4.69) is 31.2 Å². The van der Waals surface area contributed by atoms with E-state index >= 15 is 0 Å². The van der Waals surface area contributed by atoms with Crippen LogP contribution in [0.2, 0.25) is 0 Å². The third-order valence-corrected chi connectivity index (χ3v) is 2.71. The third-order valence-electron chi connectivity index (χ3n) is 2.27. The van der Waals surface area contributed by atoms with Crippen LogP contribution in [-0.2, 0) is 12.1 Å². The Balaban J connectivity index is 2.17. The van der Waals surface area contributed by atoms with Crippen molar-refractivity contribution < 1.29 is 5.11 Å². The smallest absolute Gasteiger partial charge is 0.114 e. The van der Waals surface area contributed by atoms with Gasteiger partial charge in [0.25, 0.3) is 0 Å². The predicted octanol–water partition coefficient (Wildman–Crippen LogP) is 1.71. The van der Waals surface area contributed by atoms with Crippen molar-refractivity contribution in [3.05, 3.63) is 40.4 Å². The quantitative estimate of drug-likeness (QED) is 0.936. The second-order valence-electron chi connectivity index (χ2n) is 4.37. The largest absolute Gasteiger partial charge is 0.384 e. The number of hydrogen-bond acceptors (Lipinski definition) is 4. The molecule has 6 heteroatoms. The molecule has 90 valence electrons. The number of aliphatic hydroxyl groups is 1. The van der Waals surface area contributed by atoms with Crippen molar-refractivity contribution in [2.24, 2.45) is 0 Å². The minimum Gasteiger partial charge on any atom is -0.384 e. The normalized spacial score (nSPS) is 11.8. The van der Waals surface area contributed by atoms with Crippen molar-refractivity contribution in [2.45, 2.75) is 26.0 Å². The van der Waals surface area contributed by atoms with Gasteiger partial charge < -0.3 is 5.11 Å². The summed E-state index contributed by atoms with van der Waals surface area (Å²) in [6.45, 7) is 3.94. The van der Waals surface area contributed by atoms with Gasteiger partial charge >= 0.3 is 0 Å². The summed E-state index contributed by atoms with van der Waals surface area (Å²) in [7, 11) is 0. The van der Waals surface area contributed by atoms with Crippen LogP contribution in [0, 0.1) is 0 Å². The maximum Gasteiger partial charge on any atom is 0.114 e. The summed E-state index contributed by atoms with van der Waals surface area (Å²) in [5, 5.41) is 17.7. The number of nitrogens with zero attached hydrogens (tertiary/aromatic N) is 4. The van der Waals surface area contributed by atoms with Gasteiger partial charge in [-0.2, -0.15) is 0 Å². The van der Waals surface area contributed by atoms with Crippen LogP contribution in [0.15, 0.2) is 29.1 Å². The molecule has 2 heterocycles. The lowest BCUT2D eigenvalue weighted by Gasteiger charge is -2.11. The molecule has 2 aromatic rings.